The first-order valence-electron chi connectivity index (χ1n) is 6.69. The molecule has 0 unspecified atom stereocenters. The molecule has 6 heteroatoms. The molecule has 0 atom stereocenters. The van der Waals surface area contributed by atoms with Crippen LogP contribution in [0.4, 0.5) is 5.82 Å². The summed E-state index contributed by atoms with van der Waals surface area (Å²) in [5, 5.41) is 1.70. The van der Waals surface area contributed by atoms with Gasteiger partial charge in [0.2, 0.25) is 0 Å². The van der Waals surface area contributed by atoms with E-state index in [4.69, 9.17) is 17.3 Å². The lowest BCUT2D eigenvalue weighted by atomic mass is 10.1. The quantitative estimate of drug-likeness (QED) is 0.804. The van der Waals surface area contributed by atoms with E-state index in [1.165, 1.54) is 0 Å². The minimum atomic E-state index is 0.576. The Morgan fingerprint density at radius 1 is 1.33 bits per heavy atom. The first kappa shape index (κ1) is 13.9. The zero-order chi connectivity index (χ0) is 14.8. The summed E-state index contributed by atoms with van der Waals surface area (Å²) in [6.45, 7) is 1.31. The van der Waals surface area contributed by atoms with Gasteiger partial charge in [0.05, 0.1) is 17.5 Å². The highest BCUT2D eigenvalue weighted by atomic mass is 35.5. The maximum atomic E-state index is 6.10. The molecule has 5 nitrogen and oxygen atoms in total. The van der Waals surface area contributed by atoms with E-state index in [-0.39, 0.29) is 0 Å². The van der Waals surface area contributed by atoms with Gasteiger partial charge in [-0.15, -0.1) is 0 Å². The van der Waals surface area contributed by atoms with Crippen molar-refractivity contribution in [3.8, 4) is 5.69 Å². The topological polar surface area (TPSA) is 60.0 Å². The third-order valence-corrected chi connectivity index (χ3v) is 3.61. The molecule has 0 aliphatic rings. The first-order valence-corrected chi connectivity index (χ1v) is 7.06. The Bertz CT molecular complexity index is 754. The van der Waals surface area contributed by atoms with Gasteiger partial charge in [-0.1, -0.05) is 11.6 Å². The first-order chi connectivity index (χ1) is 10.2. The number of benzene rings is 1. The Kier molecular flexibility index (Phi) is 3.77. The van der Waals surface area contributed by atoms with Gasteiger partial charge in [0.1, 0.15) is 5.82 Å². The highest BCUT2D eigenvalue weighted by Gasteiger charge is 2.10. The second-order valence-electron chi connectivity index (χ2n) is 4.84. The van der Waals surface area contributed by atoms with Crippen LogP contribution in [-0.4, -0.2) is 34.7 Å². The molecule has 0 saturated carbocycles. The van der Waals surface area contributed by atoms with Crippen molar-refractivity contribution in [2.45, 2.75) is 0 Å². The number of pyridine rings is 1. The fourth-order valence-corrected chi connectivity index (χ4v) is 2.45. The number of aromatic nitrogens is 3. The second-order valence-corrected chi connectivity index (χ2v) is 5.28. The molecule has 2 aromatic heterocycles. The molecule has 0 saturated heterocycles. The van der Waals surface area contributed by atoms with E-state index in [0.29, 0.717) is 11.6 Å². The average molecular weight is 302 g/mol. The molecule has 0 aliphatic heterocycles. The number of halogens is 1. The van der Waals surface area contributed by atoms with Crippen LogP contribution >= 0.6 is 11.6 Å². The van der Waals surface area contributed by atoms with Gasteiger partial charge >= 0.3 is 0 Å². The summed E-state index contributed by atoms with van der Waals surface area (Å²) in [6.07, 6.45) is 5.44. The summed E-state index contributed by atoms with van der Waals surface area (Å²) < 4.78 is 1.97. The zero-order valence-corrected chi connectivity index (χ0v) is 12.5. The number of nitrogens with two attached hydrogens (primary N) is 1. The number of imidazole rings is 1. The van der Waals surface area contributed by atoms with Crippen LogP contribution < -0.4 is 10.6 Å². The largest absolute Gasteiger partial charge is 0.358 e. The highest BCUT2D eigenvalue weighted by Crippen LogP contribution is 2.27. The molecule has 3 rings (SSSR count). The molecule has 0 spiro atoms. The molecule has 0 bridgehead atoms. The molecule has 3 aromatic rings. The van der Waals surface area contributed by atoms with E-state index in [9.17, 15) is 0 Å². The lowest BCUT2D eigenvalue weighted by Crippen LogP contribution is -2.25. The van der Waals surface area contributed by atoms with Gasteiger partial charge in [0, 0.05) is 49.0 Å². The summed E-state index contributed by atoms with van der Waals surface area (Å²) in [7, 11) is 1.98. The predicted octanol–water partition coefficient (Wildman–Crippen LogP) is 2.47. The third-order valence-electron chi connectivity index (χ3n) is 3.37. The van der Waals surface area contributed by atoms with Crippen molar-refractivity contribution >= 4 is 28.3 Å². The number of rotatable bonds is 4. The Morgan fingerprint density at radius 2 is 2.19 bits per heavy atom. The van der Waals surface area contributed by atoms with Crippen LogP contribution in [-0.2, 0) is 0 Å². The number of hydrogen-bond donors (Lipinski definition) is 1. The molecule has 0 fully saturated rings. The van der Waals surface area contributed by atoms with Crippen LogP contribution in [0.15, 0.2) is 43.0 Å². The summed E-state index contributed by atoms with van der Waals surface area (Å²) in [4.78, 5) is 10.8. The Morgan fingerprint density at radius 3 is 2.90 bits per heavy atom. The Labute approximate surface area is 128 Å². The summed E-state index contributed by atoms with van der Waals surface area (Å²) in [5.41, 5.74) is 7.51. The van der Waals surface area contributed by atoms with E-state index >= 15 is 0 Å². The molecule has 0 aliphatic carbocycles. The van der Waals surface area contributed by atoms with Crippen molar-refractivity contribution in [1.29, 1.82) is 0 Å². The summed E-state index contributed by atoms with van der Waals surface area (Å²) >= 11 is 6.10. The fourth-order valence-electron chi connectivity index (χ4n) is 2.29. The highest BCUT2D eigenvalue weighted by molar-refractivity contribution is 6.31. The molecule has 0 amide bonds. The van der Waals surface area contributed by atoms with Crippen molar-refractivity contribution in [3.63, 3.8) is 0 Å². The lowest BCUT2D eigenvalue weighted by Gasteiger charge is -2.19. The van der Waals surface area contributed by atoms with E-state index in [0.717, 1.165) is 29.0 Å². The summed E-state index contributed by atoms with van der Waals surface area (Å²) in [5.74, 6) is 0.860. The van der Waals surface area contributed by atoms with Crippen molar-refractivity contribution in [2.24, 2.45) is 5.73 Å². The molecule has 1 aromatic carbocycles. The maximum Gasteiger partial charge on any atom is 0.131 e. The van der Waals surface area contributed by atoms with E-state index in [1.807, 2.05) is 47.0 Å². The number of anilines is 1. The van der Waals surface area contributed by atoms with Crippen molar-refractivity contribution in [3.05, 3.63) is 48.0 Å². The summed E-state index contributed by atoms with van der Waals surface area (Å²) in [6, 6.07) is 7.76. The average Bonchev–Trinajstić information content (AvgIpc) is 3.00. The zero-order valence-electron chi connectivity index (χ0n) is 11.7. The van der Waals surface area contributed by atoms with Gasteiger partial charge in [0.25, 0.3) is 0 Å². The minimum Gasteiger partial charge on any atom is -0.358 e. The van der Waals surface area contributed by atoms with Gasteiger partial charge in [-0.2, -0.15) is 0 Å². The van der Waals surface area contributed by atoms with E-state index in [1.54, 1.807) is 12.5 Å². The van der Waals surface area contributed by atoms with Gasteiger partial charge in [-0.3, -0.25) is 0 Å². The Hall–Kier alpha value is -2.11. The number of fused-ring (bicyclic) bond motifs is 1. The Balaban J connectivity index is 2.23. The molecular formula is C15H16ClN5. The normalized spacial score (nSPS) is 11.0. The van der Waals surface area contributed by atoms with Gasteiger partial charge in [-0.05, 0) is 18.2 Å². The molecular weight excluding hydrogens is 286 g/mol. The third kappa shape index (κ3) is 2.70. The monoisotopic (exact) mass is 301 g/mol. The van der Waals surface area contributed by atoms with Gasteiger partial charge in [-0.25, -0.2) is 9.97 Å². The smallest absolute Gasteiger partial charge is 0.131 e. The maximum absolute atomic E-state index is 6.10. The van der Waals surface area contributed by atoms with Crippen LogP contribution in [0.25, 0.3) is 16.6 Å². The van der Waals surface area contributed by atoms with Crippen LogP contribution in [0.3, 0.4) is 0 Å². The van der Waals surface area contributed by atoms with Crippen LogP contribution in [0, 0.1) is 0 Å². The lowest BCUT2D eigenvalue weighted by molar-refractivity contribution is 0.870. The van der Waals surface area contributed by atoms with Crippen molar-refractivity contribution < 1.29 is 0 Å². The SMILES string of the molecule is CN(CCN)c1cc(-n2ccnc2)c2ccc(Cl)cc2n1. The van der Waals surface area contributed by atoms with E-state index in [2.05, 4.69) is 9.97 Å². The van der Waals surface area contributed by atoms with Crippen molar-refractivity contribution in [1.82, 2.24) is 14.5 Å². The molecule has 108 valence electrons. The molecule has 0 radical (unpaired) electrons. The fraction of sp³-hybridized carbons (Fsp3) is 0.200. The number of nitrogens with zero attached hydrogens (tertiary/aromatic N) is 4. The standard InChI is InChI=1S/C15H16ClN5/c1-20(6-4-17)15-9-14(21-7-5-18-10-21)12-3-2-11(16)8-13(12)19-15/h2-3,5,7-10H,4,6,17H2,1H3. The van der Waals surface area contributed by atoms with Crippen molar-refractivity contribution in [2.75, 3.05) is 25.0 Å². The number of hydrogen-bond acceptors (Lipinski definition) is 4. The molecule has 21 heavy (non-hydrogen) atoms. The minimum absolute atomic E-state index is 0.576. The molecule has 2 heterocycles. The van der Waals surface area contributed by atoms with Gasteiger partial charge < -0.3 is 15.2 Å². The van der Waals surface area contributed by atoms with E-state index < -0.39 is 0 Å². The van der Waals surface area contributed by atoms with Gasteiger partial charge in [0.15, 0.2) is 0 Å². The molecule has 2 N–H and O–H groups in total. The number of likely N-dealkylation sites (N-methyl/N-ethyl adjacent to an activating group) is 1. The second kappa shape index (κ2) is 5.71. The predicted molar refractivity (Wildman–Crippen MR) is 86.2 cm³/mol. The van der Waals surface area contributed by atoms with Crippen LogP contribution in [0.5, 0.6) is 0 Å². The van der Waals surface area contributed by atoms with Crippen LogP contribution in [0.2, 0.25) is 5.02 Å². The van der Waals surface area contributed by atoms with Crippen LogP contribution in [0.1, 0.15) is 0 Å².